The Bertz CT molecular complexity index is 2500. The van der Waals surface area contributed by atoms with Crippen molar-refractivity contribution in [2.45, 2.75) is 115 Å². The monoisotopic (exact) mass is 802 g/mol. The highest BCUT2D eigenvalue weighted by Crippen LogP contribution is 2.52. The summed E-state index contributed by atoms with van der Waals surface area (Å²) in [5, 5.41) is 0.661. The molecular weight excluding hydrogens is 749 g/mol. The number of rotatable bonds is 4. The van der Waals surface area contributed by atoms with Crippen molar-refractivity contribution in [3.05, 3.63) is 170 Å². The van der Waals surface area contributed by atoms with Crippen molar-refractivity contribution >= 4 is 22.9 Å². The second-order valence-electron chi connectivity index (χ2n) is 17.9. The van der Waals surface area contributed by atoms with Gasteiger partial charge in [0.05, 0.1) is 5.56 Å². The number of carbonyl (C=O) groups excluding carboxylic acids is 2. The maximum absolute atomic E-state index is 14.9. The molecule has 0 amide bonds. The first-order valence-corrected chi connectivity index (χ1v) is 21.9. The van der Waals surface area contributed by atoms with Crippen LogP contribution in [-0.2, 0) is 31.9 Å². The first-order valence-electron chi connectivity index (χ1n) is 21.9. The summed E-state index contributed by atoms with van der Waals surface area (Å²) in [5.41, 5.74) is 6.60. The van der Waals surface area contributed by atoms with E-state index in [4.69, 9.17) is 18.6 Å². The first kappa shape index (κ1) is 39.8. The third-order valence-corrected chi connectivity index (χ3v) is 13.7. The molecule has 0 spiro atoms. The molecule has 0 N–H and O–H groups in total. The van der Waals surface area contributed by atoms with Gasteiger partial charge in [-0.2, -0.15) is 0 Å². The Morgan fingerprint density at radius 3 is 2.30 bits per heavy atom. The van der Waals surface area contributed by atoms with Crippen LogP contribution in [0.1, 0.15) is 123 Å². The number of hydrogen-bond donors (Lipinski definition) is 0. The summed E-state index contributed by atoms with van der Waals surface area (Å²) in [6.07, 6.45) is 10.3. The molecule has 4 aromatic carbocycles. The lowest BCUT2D eigenvalue weighted by molar-refractivity contribution is -0.201. The summed E-state index contributed by atoms with van der Waals surface area (Å²) in [7, 11) is 0. The maximum atomic E-state index is 14.9. The van der Waals surface area contributed by atoms with E-state index >= 15 is 0 Å². The molecule has 1 saturated carbocycles. The standard InChI is InChI=1S/C53H54O7/c1-33(2)43-25-19-34-17-20-37(21-18-34)44-26-22-40(39-14-10-13-36(30-39)29-35-11-6-4-7-12-35)31-41(44)32-47(55)58-50-48-45(27-23-38-24-28-46(54)57-49(38)48)60-53(3,51(50)59-52(43)56)42-15-8-5-9-16-42/h4,6-7,10-14,17-18,20-24,26-28,30,40-42,44,50-51H,5,8-9,15-16,19,25,29,31-32H2,1-3H3/t40-,41-,44+,50-,51-,53-/m0/s1. The molecule has 2 bridgehead atoms. The minimum atomic E-state index is -1.08. The van der Waals surface area contributed by atoms with Gasteiger partial charge in [0.25, 0.3) is 0 Å². The lowest BCUT2D eigenvalue weighted by Gasteiger charge is -2.50. The van der Waals surface area contributed by atoms with E-state index in [1.54, 1.807) is 6.07 Å². The fourth-order valence-electron chi connectivity index (χ4n) is 10.4. The second kappa shape index (κ2) is 16.8. The van der Waals surface area contributed by atoms with Gasteiger partial charge in [-0.3, -0.25) is 4.79 Å². The number of carbonyl (C=O) groups is 2. The maximum Gasteiger partial charge on any atom is 0.336 e. The minimum Gasteiger partial charge on any atom is -0.483 e. The molecule has 2 aliphatic carbocycles. The molecule has 4 heterocycles. The van der Waals surface area contributed by atoms with Crippen LogP contribution in [0.5, 0.6) is 5.75 Å². The Morgan fingerprint density at radius 1 is 0.750 bits per heavy atom. The van der Waals surface area contributed by atoms with Crippen molar-refractivity contribution in [3.63, 3.8) is 0 Å². The molecule has 3 aliphatic heterocycles. The topological polar surface area (TPSA) is 92.0 Å². The van der Waals surface area contributed by atoms with Gasteiger partial charge in [-0.15, -0.1) is 0 Å². The summed E-state index contributed by atoms with van der Waals surface area (Å²) < 4.78 is 26.4. The fourth-order valence-corrected chi connectivity index (χ4v) is 10.4. The van der Waals surface area contributed by atoms with Crippen LogP contribution in [0.2, 0.25) is 0 Å². The van der Waals surface area contributed by atoms with Crippen LogP contribution in [-0.4, -0.2) is 23.6 Å². The van der Waals surface area contributed by atoms with Gasteiger partial charge >= 0.3 is 17.6 Å². The van der Waals surface area contributed by atoms with Crippen LogP contribution in [0.15, 0.2) is 136 Å². The Labute approximate surface area is 352 Å². The predicted molar refractivity (Wildman–Crippen MR) is 233 cm³/mol. The van der Waals surface area contributed by atoms with Crippen molar-refractivity contribution in [2.75, 3.05) is 0 Å². The van der Waals surface area contributed by atoms with E-state index in [1.807, 2.05) is 39.0 Å². The van der Waals surface area contributed by atoms with Gasteiger partial charge in [-0.05, 0) is 111 Å². The van der Waals surface area contributed by atoms with Gasteiger partial charge in [0, 0.05) is 41.2 Å². The van der Waals surface area contributed by atoms with E-state index in [0.717, 1.165) is 61.6 Å². The Balaban J connectivity index is 1.13. The molecule has 60 heavy (non-hydrogen) atoms. The number of fused-ring (bicyclic) bond motifs is 11. The number of allylic oxidation sites excluding steroid dienone is 3. The van der Waals surface area contributed by atoms with Crippen LogP contribution >= 0.6 is 0 Å². The summed E-state index contributed by atoms with van der Waals surface area (Å²) >= 11 is 0. The van der Waals surface area contributed by atoms with Crippen molar-refractivity contribution in [1.82, 2.24) is 0 Å². The average Bonchev–Trinajstić information content (AvgIpc) is 3.25. The Morgan fingerprint density at radius 2 is 1.52 bits per heavy atom. The second-order valence-corrected chi connectivity index (χ2v) is 17.9. The lowest BCUT2D eigenvalue weighted by Crippen LogP contribution is -2.58. The fraction of sp³-hybridized carbons (Fsp3) is 0.377. The highest BCUT2D eigenvalue weighted by atomic mass is 16.6. The van der Waals surface area contributed by atoms with E-state index < -0.39 is 35.4 Å². The predicted octanol–water partition coefficient (Wildman–Crippen LogP) is 11.4. The molecular formula is C53H54O7. The SMILES string of the molecule is CC(C)=C1CCc2ccc(cc2)[C@H]2C=C[C@H](c3cccc(Cc4ccccc4)c3)C[C@H]2CC(=O)O[C@H]2c3c(ccc4ccc(=O)oc34)O[C@@](C)(C3CCCCC3)[C@H]2OC1=O. The van der Waals surface area contributed by atoms with Crippen LogP contribution in [0.4, 0.5) is 0 Å². The third kappa shape index (κ3) is 7.99. The van der Waals surface area contributed by atoms with Crippen molar-refractivity contribution in [1.29, 1.82) is 0 Å². The van der Waals surface area contributed by atoms with Gasteiger partial charge in [0.2, 0.25) is 0 Å². The van der Waals surface area contributed by atoms with E-state index in [9.17, 15) is 14.4 Å². The molecule has 6 atom stereocenters. The number of esters is 2. The van der Waals surface area contributed by atoms with Crippen LogP contribution < -0.4 is 10.4 Å². The summed E-state index contributed by atoms with van der Waals surface area (Å²) in [6, 6.07) is 34.8. The molecule has 5 aliphatic rings. The lowest BCUT2D eigenvalue weighted by atomic mass is 9.71. The highest BCUT2D eigenvalue weighted by molar-refractivity contribution is 5.90. The third-order valence-electron chi connectivity index (χ3n) is 13.7. The molecule has 5 aromatic rings. The van der Waals surface area contributed by atoms with E-state index in [1.165, 1.54) is 22.8 Å². The van der Waals surface area contributed by atoms with Crippen LogP contribution in [0, 0.1) is 11.8 Å². The van der Waals surface area contributed by atoms with E-state index in [0.29, 0.717) is 35.1 Å². The Kier molecular flexibility index (Phi) is 11.1. The van der Waals surface area contributed by atoms with Gasteiger partial charge in [0.15, 0.2) is 12.2 Å². The number of hydrogen-bond acceptors (Lipinski definition) is 7. The van der Waals surface area contributed by atoms with E-state index in [2.05, 4.69) is 84.9 Å². The van der Waals surface area contributed by atoms with Crippen molar-refractivity contribution < 1.29 is 28.2 Å². The van der Waals surface area contributed by atoms with Crippen molar-refractivity contribution in [2.24, 2.45) is 11.8 Å². The molecule has 0 radical (unpaired) electrons. The van der Waals surface area contributed by atoms with E-state index in [-0.39, 0.29) is 35.7 Å². The van der Waals surface area contributed by atoms with Gasteiger partial charge < -0.3 is 18.6 Å². The number of aryl methyl sites for hydroxylation is 1. The quantitative estimate of drug-likeness (QED) is 0.0773. The first-order chi connectivity index (χ1) is 29.1. The van der Waals surface area contributed by atoms with Gasteiger partial charge in [-0.1, -0.05) is 116 Å². The molecule has 1 fully saturated rings. The summed E-state index contributed by atoms with van der Waals surface area (Å²) in [4.78, 5) is 42.3. The molecule has 7 heteroatoms. The largest absolute Gasteiger partial charge is 0.483 e. The molecule has 1 aromatic heterocycles. The molecule has 0 saturated heterocycles. The number of ether oxygens (including phenoxy) is 3. The molecule has 7 nitrogen and oxygen atoms in total. The highest BCUT2D eigenvalue weighted by Gasteiger charge is 2.56. The number of benzene rings is 4. The molecule has 308 valence electrons. The van der Waals surface area contributed by atoms with Crippen LogP contribution in [0.3, 0.4) is 0 Å². The van der Waals surface area contributed by atoms with Crippen LogP contribution in [0.25, 0.3) is 11.0 Å². The average molecular weight is 803 g/mol. The zero-order chi connectivity index (χ0) is 41.4. The smallest absolute Gasteiger partial charge is 0.336 e. The molecule has 10 rings (SSSR count). The summed E-state index contributed by atoms with van der Waals surface area (Å²) in [6.45, 7) is 5.89. The van der Waals surface area contributed by atoms with Gasteiger partial charge in [-0.25, -0.2) is 9.59 Å². The zero-order valence-corrected chi connectivity index (χ0v) is 34.9. The molecule has 0 unspecified atom stereocenters. The van der Waals surface area contributed by atoms with Crippen molar-refractivity contribution in [3.8, 4) is 5.75 Å². The van der Waals surface area contributed by atoms with Gasteiger partial charge in [0.1, 0.15) is 16.9 Å². The minimum absolute atomic E-state index is 0.0152. The Hall–Kier alpha value is -5.69. The summed E-state index contributed by atoms with van der Waals surface area (Å²) in [5.74, 6) is -0.344. The normalized spacial score (nSPS) is 26.0. The zero-order valence-electron chi connectivity index (χ0n) is 34.9.